The average molecular weight is 202 g/mol. The van der Waals surface area contributed by atoms with Crippen LogP contribution in [0.3, 0.4) is 0 Å². The first-order valence-electron chi connectivity index (χ1n) is 2.56. The minimum Gasteiger partial charge on any atom is -0.395 e. The van der Waals surface area contributed by atoms with Gasteiger partial charge < -0.3 is 5.11 Å². The number of rotatable bonds is 3. The van der Waals surface area contributed by atoms with Crippen LogP contribution in [0, 0.1) is 11.3 Å². The van der Waals surface area contributed by atoms with E-state index in [2.05, 4.69) is 0 Å². The zero-order valence-electron chi connectivity index (χ0n) is 5.02. The molecule has 0 aliphatic carbocycles. The van der Waals surface area contributed by atoms with Crippen molar-refractivity contribution in [2.45, 2.75) is 16.1 Å². The number of hydrogen-bond donors (Lipinski definition) is 1. The predicted molar refractivity (Wildman–Crippen MR) is 41.4 cm³/mol. The van der Waals surface area contributed by atoms with Crippen molar-refractivity contribution in [3.8, 4) is 6.07 Å². The highest BCUT2D eigenvalue weighted by atomic mass is 35.5. The largest absolute Gasteiger partial charge is 0.395 e. The van der Waals surface area contributed by atoms with Crippen LogP contribution in [0.1, 0.15) is 6.42 Å². The lowest BCUT2D eigenvalue weighted by Gasteiger charge is -2.12. The molecule has 0 aliphatic rings. The lowest BCUT2D eigenvalue weighted by atomic mass is 10.2. The highest BCUT2D eigenvalue weighted by molar-refractivity contribution is 6.50. The predicted octanol–water partition coefficient (Wildman–Crippen LogP) is 1.67. The van der Waals surface area contributed by atoms with Crippen molar-refractivity contribution in [1.29, 1.82) is 5.26 Å². The van der Waals surface area contributed by atoms with Gasteiger partial charge in [-0.3, -0.25) is 0 Å². The first-order chi connectivity index (χ1) is 4.52. The van der Waals surface area contributed by atoms with Gasteiger partial charge in [-0.05, 0) is 0 Å². The summed E-state index contributed by atoms with van der Waals surface area (Å²) in [5.41, 5.74) is 0. The Morgan fingerprint density at radius 2 is 2.10 bits per heavy atom. The maximum atomic E-state index is 8.43. The third-order valence-corrected chi connectivity index (χ3v) is 1.61. The van der Waals surface area contributed by atoms with Crippen LogP contribution in [0.25, 0.3) is 0 Å². The van der Waals surface area contributed by atoms with Crippen LogP contribution in [0.5, 0.6) is 0 Å². The normalized spacial score (nSPS) is 14.3. The van der Waals surface area contributed by atoms with E-state index in [1.807, 2.05) is 0 Å². The molecule has 1 atom stereocenters. The Hall–Kier alpha value is 0.320. The Balaban J connectivity index is 3.79. The number of nitriles is 1. The van der Waals surface area contributed by atoms with Gasteiger partial charge in [-0.25, -0.2) is 0 Å². The Morgan fingerprint density at radius 1 is 1.60 bits per heavy atom. The van der Waals surface area contributed by atoms with E-state index < -0.39 is 9.71 Å². The molecule has 0 aromatic rings. The van der Waals surface area contributed by atoms with Gasteiger partial charge in [-0.15, -0.1) is 11.6 Å². The molecule has 0 saturated carbocycles. The first kappa shape index (κ1) is 10.3. The lowest BCUT2D eigenvalue weighted by molar-refractivity contribution is 0.288. The molecule has 2 nitrogen and oxygen atoms in total. The zero-order valence-corrected chi connectivity index (χ0v) is 7.29. The smallest absolute Gasteiger partial charge is 0.204 e. The summed E-state index contributed by atoms with van der Waals surface area (Å²) in [5, 5.41) is 16.2. The summed E-state index contributed by atoms with van der Waals surface area (Å²) >= 11 is 16.3. The van der Waals surface area contributed by atoms with Gasteiger partial charge in [0.05, 0.1) is 12.0 Å². The second-order valence-electron chi connectivity index (χ2n) is 1.80. The quantitative estimate of drug-likeness (QED) is 0.708. The van der Waals surface area contributed by atoms with Crippen molar-refractivity contribution in [1.82, 2.24) is 0 Å². The number of nitrogens with zero attached hydrogens (tertiary/aromatic N) is 1. The van der Waals surface area contributed by atoms with E-state index in [1.165, 1.54) is 0 Å². The minimum absolute atomic E-state index is 0.0602. The Kier molecular flexibility index (Phi) is 4.39. The molecule has 0 aliphatic heterocycles. The molecule has 0 spiro atoms. The second kappa shape index (κ2) is 4.25. The molecule has 10 heavy (non-hydrogen) atoms. The molecule has 0 radical (unpaired) electrons. The first-order valence-corrected chi connectivity index (χ1v) is 3.75. The Labute approximate surface area is 74.3 Å². The zero-order chi connectivity index (χ0) is 8.20. The average Bonchev–Trinajstić information content (AvgIpc) is 1.87. The van der Waals surface area contributed by atoms with E-state index in [0.717, 1.165) is 0 Å². The molecule has 58 valence electrons. The maximum absolute atomic E-state index is 8.43. The summed E-state index contributed by atoms with van der Waals surface area (Å²) < 4.78 is -1.48. The second-order valence-corrected chi connectivity index (χ2v) is 3.90. The molecular formula is C5H6Cl3NO. The Bertz CT molecular complexity index is 142. The van der Waals surface area contributed by atoms with Crippen LogP contribution < -0.4 is 0 Å². The highest BCUT2D eigenvalue weighted by Gasteiger charge is 2.26. The van der Waals surface area contributed by atoms with Gasteiger partial charge in [0.15, 0.2) is 0 Å². The molecule has 0 fully saturated rings. The summed E-state index contributed by atoms with van der Waals surface area (Å²) in [7, 11) is 0. The van der Waals surface area contributed by atoms with E-state index in [1.54, 1.807) is 6.07 Å². The van der Waals surface area contributed by atoms with Gasteiger partial charge >= 0.3 is 0 Å². The molecule has 0 rings (SSSR count). The van der Waals surface area contributed by atoms with Gasteiger partial charge in [-0.2, -0.15) is 5.26 Å². The van der Waals surface area contributed by atoms with Crippen molar-refractivity contribution in [2.75, 3.05) is 6.61 Å². The van der Waals surface area contributed by atoms with E-state index in [9.17, 15) is 0 Å². The van der Waals surface area contributed by atoms with Gasteiger partial charge in [0, 0.05) is 6.42 Å². The highest BCUT2D eigenvalue weighted by Crippen LogP contribution is 2.27. The van der Waals surface area contributed by atoms with Crippen molar-refractivity contribution < 1.29 is 5.11 Å². The molecule has 0 aromatic carbocycles. The fourth-order valence-electron chi connectivity index (χ4n) is 0.388. The van der Waals surface area contributed by atoms with Gasteiger partial charge in [0.1, 0.15) is 6.07 Å². The van der Waals surface area contributed by atoms with E-state index in [0.29, 0.717) is 0 Å². The van der Waals surface area contributed by atoms with Gasteiger partial charge in [-0.1, -0.05) is 23.2 Å². The monoisotopic (exact) mass is 201 g/mol. The van der Waals surface area contributed by atoms with Crippen molar-refractivity contribution in [3.05, 3.63) is 0 Å². The van der Waals surface area contributed by atoms with E-state index in [4.69, 9.17) is 45.2 Å². The molecule has 5 heteroatoms. The standard InChI is InChI=1S/C5H6Cl3NO/c6-4(2-10)1-5(7,8)3-9/h4,10H,1-2H2. The van der Waals surface area contributed by atoms with Crippen LogP contribution in [0.4, 0.5) is 0 Å². The number of aliphatic hydroxyl groups excluding tert-OH is 1. The third kappa shape index (κ3) is 4.19. The molecule has 1 N–H and O–H groups in total. The van der Waals surface area contributed by atoms with E-state index in [-0.39, 0.29) is 13.0 Å². The number of aliphatic hydroxyl groups is 1. The minimum atomic E-state index is -1.48. The summed E-state index contributed by atoms with van der Waals surface area (Å²) in [5.74, 6) is 0. The van der Waals surface area contributed by atoms with Gasteiger partial charge in [0.25, 0.3) is 0 Å². The maximum Gasteiger partial charge on any atom is 0.204 e. The summed E-state index contributed by atoms with van der Waals surface area (Å²) in [6.45, 7) is -0.232. The summed E-state index contributed by atoms with van der Waals surface area (Å²) in [4.78, 5) is 0. The number of alkyl halides is 3. The van der Waals surface area contributed by atoms with Crippen LogP contribution >= 0.6 is 34.8 Å². The molecular weight excluding hydrogens is 196 g/mol. The summed E-state index contributed by atoms with van der Waals surface area (Å²) in [6.07, 6.45) is 0.0602. The van der Waals surface area contributed by atoms with Crippen molar-refractivity contribution >= 4 is 34.8 Å². The summed E-state index contributed by atoms with van der Waals surface area (Å²) in [6, 6.07) is 1.64. The Morgan fingerprint density at radius 3 is 2.40 bits per heavy atom. The van der Waals surface area contributed by atoms with Crippen molar-refractivity contribution in [3.63, 3.8) is 0 Å². The van der Waals surface area contributed by atoms with Crippen LogP contribution in [-0.2, 0) is 0 Å². The lowest BCUT2D eigenvalue weighted by Crippen LogP contribution is -2.18. The fraction of sp³-hybridized carbons (Fsp3) is 0.800. The fourth-order valence-corrected chi connectivity index (χ4v) is 1.15. The molecule has 1 unspecified atom stereocenters. The van der Waals surface area contributed by atoms with Crippen LogP contribution in [0.2, 0.25) is 0 Å². The molecule has 0 saturated heterocycles. The number of halogens is 3. The van der Waals surface area contributed by atoms with Crippen LogP contribution in [0.15, 0.2) is 0 Å². The van der Waals surface area contributed by atoms with Crippen LogP contribution in [-0.4, -0.2) is 21.4 Å². The third-order valence-electron chi connectivity index (χ3n) is 0.840. The number of hydrogen-bond acceptors (Lipinski definition) is 2. The topological polar surface area (TPSA) is 44.0 Å². The van der Waals surface area contributed by atoms with E-state index >= 15 is 0 Å². The molecule has 0 amide bonds. The van der Waals surface area contributed by atoms with Gasteiger partial charge in [0.2, 0.25) is 4.33 Å². The molecule has 0 bridgehead atoms. The van der Waals surface area contributed by atoms with Crippen molar-refractivity contribution in [2.24, 2.45) is 0 Å². The molecule has 0 heterocycles. The molecule has 0 aromatic heterocycles. The SMILES string of the molecule is N#CC(Cl)(Cl)CC(Cl)CO.